The molecule has 1 saturated heterocycles. The Hall–Kier alpha value is -3.24. The van der Waals surface area contributed by atoms with E-state index in [1.165, 1.54) is 21.5 Å². The summed E-state index contributed by atoms with van der Waals surface area (Å²) >= 11 is 0. The zero-order valence-electron chi connectivity index (χ0n) is 17.8. The van der Waals surface area contributed by atoms with Crippen molar-refractivity contribution in [2.24, 2.45) is 0 Å². The van der Waals surface area contributed by atoms with E-state index in [-0.39, 0.29) is 18.8 Å². The molecule has 166 valence electrons. The molecule has 0 aliphatic carbocycles. The van der Waals surface area contributed by atoms with Crippen molar-refractivity contribution in [1.82, 2.24) is 24.1 Å². The van der Waals surface area contributed by atoms with Gasteiger partial charge >= 0.3 is 5.69 Å². The second kappa shape index (κ2) is 8.03. The molecule has 32 heavy (non-hydrogen) atoms. The number of nitrogens with zero attached hydrogens (tertiary/aromatic N) is 5. The van der Waals surface area contributed by atoms with Crippen LogP contribution in [0.25, 0.3) is 16.7 Å². The van der Waals surface area contributed by atoms with Crippen LogP contribution in [0.1, 0.15) is 25.0 Å². The van der Waals surface area contributed by atoms with E-state index in [1.54, 1.807) is 6.20 Å². The second-order valence-electron chi connectivity index (χ2n) is 8.33. The largest absolute Gasteiger partial charge is 0.425 e. The van der Waals surface area contributed by atoms with Crippen LogP contribution in [0.5, 0.6) is 0 Å². The van der Waals surface area contributed by atoms with E-state index in [0.717, 1.165) is 36.2 Å². The molecule has 1 aliphatic rings. The maximum Gasteiger partial charge on any atom is 0.425 e. The van der Waals surface area contributed by atoms with Crippen molar-refractivity contribution in [1.29, 1.82) is 0 Å². The van der Waals surface area contributed by atoms with Gasteiger partial charge in [0, 0.05) is 30.9 Å². The highest BCUT2D eigenvalue weighted by molar-refractivity contribution is 5.87. The Balaban J connectivity index is 1.57. The number of H-pyrrole nitrogens is 1. The molecule has 3 aromatic heterocycles. The van der Waals surface area contributed by atoms with E-state index < -0.39 is 17.3 Å². The standard InChI is InChI=1S/C22H22F2N6O2/c1-13-8-28(9-14(2)32-13)10-16-5-17-20(25-7-16)29(22(31)30-21(17)26-12-27-30)11-15-3-4-18(23)19(24)6-15/h3-7,12-14H,8-11H2,1-2H3/p+1/t13-,14+. The van der Waals surface area contributed by atoms with Crippen LogP contribution < -0.4 is 10.7 Å². The van der Waals surface area contributed by atoms with Gasteiger partial charge in [0.2, 0.25) is 0 Å². The molecule has 0 saturated carbocycles. The Morgan fingerprint density at radius 3 is 2.62 bits per heavy atom. The summed E-state index contributed by atoms with van der Waals surface area (Å²) in [6.45, 7) is 6.50. The highest BCUT2D eigenvalue weighted by atomic mass is 19.2. The summed E-state index contributed by atoms with van der Waals surface area (Å²) in [5.41, 5.74) is 1.99. The minimum atomic E-state index is -0.961. The molecule has 1 aromatic carbocycles. The summed E-state index contributed by atoms with van der Waals surface area (Å²) in [5.74, 6) is -1.89. The summed E-state index contributed by atoms with van der Waals surface area (Å²) < 4.78 is 35.5. The van der Waals surface area contributed by atoms with E-state index in [2.05, 4.69) is 33.8 Å². The fourth-order valence-corrected chi connectivity index (χ4v) is 4.42. The van der Waals surface area contributed by atoms with Crippen molar-refractivity contribution >= 4 is 16.7 Å². The van der Waals surface area contributed by atoms with Crippen LogP contribution >= 0.6 is 0 Å². The first-order chi connectivity index (χ1) is 15.4. The zero-order valence-corrected chi connectivity index (χ0v) is 17.8. The number of pyridine rings is 1. The van der Waals surface area contributed by atoms with E-state index in [0.29, 0.717) is 23.4 Å². The lowest BCUT2D eigenvalue weighted by Crippen LogP contribution is -2.44. The summed E-state index contributed by atoms with van der Waals surface area (Å²) in [7, 11) is 0. The first-order valence-corrected chi connectivity index (χ1v) is 10.5. The molecule has 10 heteroatoms. The third-order valence-electron chi connectivity index (χ3n) is 5.66. The summed E-state index contributed by atoms with van der Waals surface area (Å²) in [5, 5.41) is 4.83. The van der Waals surface area contributed by atoms with E-state index in [9.17, 15) is 13.6 Å². The number of hydrogen-bond donors (Lipinski definition) is 0. The van der Waals surface area contributed by atoms with E-state index in [4.69, 9.17) is 4.74 Å². The highest BCUT2D eigenvalue weighted by Crippen LogP contribution is 2.20. The van der Waals surface area contributed by atoms with Crippen molar-refractivity contribution in [3.05, 3.63) is 70.0 Å². The van der Waals surface area contributed by atoms with E-state index >= 15 is 0 Å². The van der Waals surface area contributed by atoms with Crippen molar-refractivity contribution < 1.29 is 18.5 Å². The van der Waals surface area contributed by atoms with Gasteiger partial charge in [0.1, 0.15) is 0 Å². The Morgan fingerprint density at radius 1 is 1.09 bits per heavy atom. The predicted octanol–water partition coefficient (Wildman–Crippen LogP) is 1.79. The third-order valence-corrected chi connectivity index (χ3v) is 5.66. The number of halogens is 2. The van der Waals surface area contributed by atoms with Crippen molar-refractivity contribution in [2.45, 2.75) is 39.1 Å². The predicted molar refractivity (Wildman–Crippen MR) is 112 cm³/mol. The van der Waals surface area contributed by atoms with Gasteiger partial charge in [-0.25, -0.2) is 23.5 Å². The molecule has 5 rings (SSSR count). The number of ether oxygens (including phenoxy) is 1. The molecule has 0 amide bonds. The lowest BCUT2D eigenvalue weighted by molar-refractivity contribution is -0.345. The Bertz CT molecular complexity index is 1360. The fraction of sp³-hybridized carbons (Fsp3) is 0.364. The van der Waals surface area contributed by atoms with Gasteiger partial charge in [0.05, 0.1) is 24.1 Å². The van der Waals surface area contributed by atoms with Gasteiger partial charge in [0.15, 0.2) is 17.3 Å². The van der Waals surface area contributed by atoms with Crippen LogP contribution in [-0.4, -0.2) is 49.4 Å². The molecule has 2 atom stereocenters. The minimum Gasteiger partial charge on any atom is -0.373 e. The molecule has 0 bridgehead atoms. The minimum absolute atomic E-state index is 0.0349. The van der Waals surface area contributed by atoms with Crippen LogP contribution in [0.2, 0.25) is 0 Å². The highest BCUT2D eigenvalue weighted by Gasteiger charge is 2.24. The average Bonchev–Trinajstić information content (AvgIpc) is 3.23. The van der Waals surface area contributed by atoms with Gasteiger partial charge < -0.3 is 4.74 Å². The smallest absolute Gasteiger partial charge is 0.373 e. The summed E-state index contributed by atoms with van der Waals surface area (Å²) in [4.78, 5) is 23.0. The number of rotatable bonds is 4. The summed E-state index contributed by atoms with van der Waals surface area (Å²) in [6, 6.07) is 5.57. The van der Waals surface area contributed by atoms with Gasteiger partial charge in [-0.15, -0.1) is 0 Å². The first-order valence-electron chi connectivity index (χ1n) is 10.5. The Morgan fingerprint density at radius 2 is 1.88 bits per heavy atom. The Kier molecular flexibility index (Phi) is 5.18. The van der Waals surface area contributed by atoms with Crippen LogP contribution in [0.3, 0.4) is 0 Å². The number of aromatic nitrogens is 5. The van der Waals surface area contributed by atoms with Gasteiger partial charge in [-0.3, -0.25) is 9.47 Å². The number of benzene rings is 1. The lowest BCUT2D eigenvalue weighted by Gasteiger charge is -2.35. The number of aromatic amines is 1. The molecular weight excluding hydrogens is 418 g/mol. The molecule has 0 spiro atoms. The number of fused-ring (bicyclic) bond motifs is 3. The summed E-state index contributed by atoms with van der Waals surface area (Å²) in [6.07, 6.45) is 3.50. The van der Waals surface area contributed by atoms with E-state index in [1.807, 2.05) is 6.07 Å². The van der Waals surface area contributed by atoms with Crippen molar-refractivity contribution in [3.8, 4) is 0 Å². The molecule has 0 radical (unpaired) electrons. The van der Waals surface area contributed by atoms with Gasteiger partial charge in [-0.1, -0.05) is 6.07 Å². The van der Waals surface area contributed by atoms with Gasteiger partial charge in [-0.05, 0) is 47.7 Å². The second-order valence-corrected chi connectivity index (χ2v) is 8.33. The molecule has 1 aliphatic heterocycles. The number of hydrogen-bond acceptors (Lipinski definition) is 5. The Labute approximate surface area is 182 Å². The fourth-order valence-electron chi connectivity index (χ4n) is 4.42. The number of morpholine rings is 1. The number of nitrogens with one attached hydrogen (secondary N) is 1. The zero-order chi connectivity index (χ0) is 22.4. The van der Waals surface area contributed by atoms with Crippen molar-refractivity contribution in [2.75, 3.05) is 13.1 Å². The van der Waals surface area contributed by atoms with Crippen LogP contribution in [0.15, 0.2) is 41.6 Å². The van der Waals surface area contributed by atoms with Crippen molar-refractivity contribution in [3.63, 3.8) is 0 Å². The molecule has 1 fully saturated rings. The monoisotopic (exact) mass is 441 g/mol. The molecular formula is C22H23F2N6O2+. The molecule has 1 N–H and O–H groups in total. The molecule has 4 aromatic rings. The normalized spacial score (nSPS) is 19.8. The third kappa shape index (κ3) is 3.76. The molecule has 8 nitrogen and oxygen atoms in total. The maximum atomic E-state index is 13.7. The first kappa shape index (κ1) is 20.7. The molecule has 4 heterocycles. The lowest BCUT2D eigenvalue weighted by atomic mass is 10.1. The van der Waals surface area contributed by atoms with Gasteiger partial charge in [0.25, 0.3) is 12.0 Å². The van der Waals surface area contributed by atoms with Crippen LogP contribution in [0, 0.1) is 11.6 Å². The van der Waals surface area contributed by atoms with Gasteiger partial charge in [-0.2, -0.15) is 0 Å². The topological polar surface area (TPSA) is 78.8 Å². The SMILES string of the molecule is C[C@@H]1CN(Cc2cnc3c(c2)c2[nH+]cnn2c(=O)n3Cc2ccc(F)c(F)c2)C[C@H](C)O1. The average molecular weight is 441 g/mol. The quantitative estimate of drug-likeness (QED) is 0.483. The molecule has 0 unspecified atom stereocenters. The van der Waals surface area contributed by atoms with Crippen LogP contribution in [0.4, 0.5) is 8.78 Å². The maximum absolute atomic E-state index is 13.7. The van der Waals surface area contributed by atoms with Crippen LogP contribution in [-0.2, 0) is 17.8 Å².